The van der Waals surface area contributed by atoms with Gasteiger partial charge in [0.05, 0.1) is 0 Å². The van der Waals surface area contributed by atoms with Gasteiger partial charge in [0.15, 0.2) is 5.96 Å². The summed E-state index contributed by atoms with van der Waals surface area (Å²) in [5.41, 5.74) is 0. The molecule has 0 amide bonds. The van der Waals surface area contributed by atoms with Crippen LogP contribution < -0.4 is 10.6 Å². The fourth-order valence-corrected chi connectivity index (χ4v) is 4.31. The molecule has 3 atom stereocenters. The van der Waals surface area contributed by atoms with E-state index in [1.807, 2.05) is 0 Å². The first-order chi connectivity index (χ1) is 12.4. The highest BCUT2D eigenvalue weighted by molar-refractivity contribution is 5.80. The van der Waals surface area contributed by atoms with Crippen LogP contribution in [0.1, 0.15) is 54.4 Å². The van der Waals surface area contributed by atoms with Gasteiger partial charge in [0.1, 0.15) is 0 Å². The lowest BCUT2D eigenvalue weighted by Gasteiger charge is -2.33. The SMILES string of the molecule is CCNC(=NCC1CCCN(CC(C)C)C1)NC1CN(C(C)C)CC1C. The summed E-state index contributed by atoms with van der Waals surface area (Å²) in [6.07, 6.45) is 2.64. The number of nitrogens with zero attached hydrogens (tertiary/aromatic N) is 3. The van der Waals surface area contributed by atoms with E-state index in [1.165, 1.54) is 39.0 Å². The zero-order valence-electron chi connectivity index (χ0n) is 18.1. The van der Waals surface area contributed by atoms with E-state index in [9.17, 15) is 0 Å². The molecule has 2 fully saturated rings. The maximum Gasteiger partial charge on any atom is 0.191 e. The number of hydrogen-bond donors (Lipinski definition) is 2. The van der Waals surface area contributed by atoms with Gasteiger partial charge in [-0.1, -0.05) is 20.8 Å². The fourth-order valence-electron chi connectivity index (χ4n) is 4.31. The summed E-state index contributed by atoms with van der Waals surface area (Å²) in [5, 5.41) is 7.18. The minimum Gasteiger partial charge on any atom is -0.357 e. The molecule has 2 aliphatic heterocycles. The van der Waals surface area contributed by atoms with E-state index < -0.39 is 0 Å². The van der Waals surface area contributed by atoms with Crippen LogP contribution in [0.3, 0.4) is 0 Å². The van der Waals surface area contributed by atoms with Crippen LogP contribution in [0.2, 0.25) is 0 Å². The van der Waals surface area contributed by atoms with Crippen molar-refractivity contribution in [3.05, 3.63) is 0 Å². The maximum absolute atomic E-state index is 4.97. The van der Waals surface area contributed by atoms with Gasteiger partial charge >= 0.3 is 0 Å². The Hall–Kier alpha value is -0.810. The van der Waals surface area contributed by atoms with E-state index in [2.05, 4.69) is 62.0 Å². The molecule has 0 bridgehead atoms. The Bertz CT molecular complexity index is 434. The number of likely N-dealkylation sites (tertiary alicyclic amines) is 2. The molecule has 0 aliphatic carbocycles. The van der Waals surface area contributed by atoms with E-state index in [-0.39, 0.29) is 0 Å². The molecule has 0 spiro atoms. The lowest BCUT2D eigenvalue weighted by atomic mass is 9.97. The number of nitrogens with one attached hydrogen (secondary N) is 2. The van der Waals surface area contributed by atoms with Crippen molar-refractivity contribution in [2.75, 3.05) is 45.8 Å². The Balaban J connectivity index is 1.88. The first-order valence-corrected chi connectivity index (χ1v) is 10.9. The summed E-state index contributed by atoms with van der Waals surface area (Å²) in [4.78, 5) is 10.2. The van der Waals surface area contributed by atoms with E-state index in [0.29, 0.717) is 23.9 Å². The smallest absolute Gasteiger partial charge is 0.191 e. The van der Waals surface area contributed by atoms with Crippen LogP contribution in [-0.2, 0) is 0 Å². The molecule has 2 saturated heterocycles. The Morgan fingerprint density at radius 2 is 1.92 bits per heavy atom. The summed E-state index contributed by atoms with van der Waals surface area (Å²) in [6.45, 7) is 21.6. The zero-order valence-corrected chi connectivity index (χ0v) is 18.1. The molecule has 0 radical (unpaired) electrons. The minimum absolute atomic E-state index is 0.499. The van der Waals surface area contributed by atoms with Crippen molar-refractivity contribution in [3.63, 3.8) is 0 Å². The van der Waals surface area contributed by atoms with Crippen LogP contribution in [0.25, 0.3) is 0 Å². The van der Waals surface area contributed by atoms with Gasteiger partial charge in [-0.2, -0.15) is 0 Å². The van der Waals surface area contributed by atoms with Crippen LogP contribution in [-0.4, -0.2) is 73.7 Å². The molecule has 2 heterocycles. The predicted octanol–water partition coefficient (Wildman–Crippen LogP) is 2.64. The lowest BCUT2D eigenvalue weighted by Crippen LogP contribution is -2.47. The first-order valence-electron chi connectivity index (χ1n) is 10.9. The van der Waals surface area contributed by atoms with Gasteiger partial charge in [-0.15, -0.1) is 0 Å². The molecule has 5 heteroatoms. The molecule has 0 aromatic rings. The van der Waals surface area contributed by atoms with Crippen LogP contribution in [0.5, 0.6) is 0 Å². The van der Waals surface area contributed by atoms with Crippen molar-refractivity contribution in [3.8, 4) is 0 Å². The molecular weight excluding hydrogens is 322 g/mol. The van der Waals surface area contributed by atoms with Crippen molar-refractivity contribution in [1.29, 1.82) is 0 Å². The molecule has 0 saturated carbocycles. The predicted molar refractivity (Wildman–Crippen MR) is 113 cm³/mol. The molecular formula is C21H43N5. The zero-order chi connectivity index (χ0) is 19.1. The van der Waals surface area contributed by atoms with Gasteiger partial charge in [0.2, 0.25) is 0 Å². The van der Waals surface area contributed by atoms with Gasteiger partial charge in [0.25, 0.3) is 0 Å². The molecule has 2 N–H and O–H groups in total. The maximum atomic E-state index is 4.97. The standard InChI is InChI=1S/C21H43N5/c1-7-22-21(24-20-15-26(17(4)5)13-18(20)6)23-11-19-9-8-10-25(14-19)12-16(2)3/h16-20H,7-15H2,1-6H3,(H2,22,23,24). The van der Waals surface area contributed by atoms with Gasteiger partial charge in [0, 0.05) is 51.4 Å². The average molecular weight is 366 g/mol. The first kappa shape index (κ1) is 21.5. The topological polar surface area (TPSA) is 42.9 Å². The highest BCUT2D eigenvalue weighted by Crippen LogP contribution is 2.19. The van der Waals surface area contributed by atoms with Crippen molar-refractivity contribution in [2.24, 2.45) is 22.7 Å². The van der Waals surface area contributed by atoms with Crippen molar-refractivity contribution in [1.82, 2.24) is 20.4 Å². The van der Waals surface area contributed by atoms with Gasteiger partial charge in [-0.25, -0.2) is 0 Å². The quantitative estimate of drug-likeness (QED) is 0.538. The second kappa shape index (κ2) is 10.5. The molecule has 2 rings (SSSR count). The Kier molecular flexibility index (Phi) is 8.68. The Morgan fingerprint density at radius 3 is 2.54 bits per heavy atom. The molecule has 26 heavy (non-hydrogen) atoms. The number of hydrogen-bond acceptors (Lipinski definition) is 3. The van der Waals surface area contributed by atoms with Gasteiger partial charge < -0.3 is 15.5 Å². The third-order valence-corrected chi connectivity index (χ3v) is 5.77. The number of rotatable bonds is 7. The molecule has 2 aliphatic rings. The number of piperidine rings is 1. The van der Waals surface area contributed by atoms with Crippen LogP contribution in [0, 0.1) is 17.8 Å². The molecule has 0 aromatic carbocycles. The summed E-state index contributed by atoms with van der Waals surface area (Å²) in [5.74, 6) is 3.13. The average Bonchev–Trinajstić information content (AvgIpc) is 2.94. The second-order valence-electron chi connectivity index (χ2n) is 9.16. The third-order valence-electron chi connectivity index (χ3n) is 5.77. The van der Waals surface area contributed by atoms with E-state index in [0.717, 1.165) is 31.5 Å². The molecule has 3 unspecified atom stereocenters. The lowest BCUT2D eigenvalue weighted by molar-refractivity contribution is 0.162. The summed E-state index contributed by atoms with van der Waals surface area (Å²) in [7, 11) is 0. The summed E-state index contributed by atoms with van der Waals surface area (Å²) >= 11 is 0. The monoisotopic (exact) mass is 365 g/mol. The van der Waals surface area contributed by atoms with E-state index in [4.69, 9.17) is 4.99 Å². The fraction of sp³-hybridized carbons (Fsp3) is 0.952. The molecule has 5 nitrogen and oxygen atoms in total. The van der Waals surface area contributed by atoms with Crippen LogP contribution >= 0.6 is 0 Å². The van der Waals surface area contributed by atoms with E-state index >= 15 is 0 Å². The van der Waals surface area contributed by atoms with Gasteiger partial charge in [-0.3, -0.25) is 9.89 Å². The minimum atomic E-state index is 0.499. The summed E-state index contributed by atoms with van der Waals surface area (Å²) in [6, 6.07) is 1.12. The number of guanidine groups is 1. The Morgan fingerprint density at radius 1 is 1.15 bits per heavy atom. The van der Waals surface area contributed by atoms with Crippen molar-refractivity contribution >= 4 is 5.96 Å². The van der Waals surface area contributed by atoms with Crippen molar-refractivity contribution in [2.45, 2.75) is 66.5 Å². The largest absolute Gasteiger partial charge is 0.357 e. The third kappa shape index (κ3) is 6.73. The highest BCUT2D eigenvalue weighted by Gasteiger charge is 2.31. The molecule has 0 aromatic heterocycles. The van der Waals surface area contributed by atoms with Crippen LogP contribution in [0.4, 0.5) is 0 Å². The van der Waals surface area contributed by atoms with Crippen LogP contribution in [0.15, 0.2) is 4.99 Å². The van der Waals surface area contributed by atoms with E-state index in [1.54, 1.807) is 0 Å². The van der Waals surface area contributed by atoms with Crippen molar-refractivity contribution < 1.29 is 0 Å². The molecule has 152 valence electrons. The second-order valence-corrected chi connectivity index (χ2v) is 9.16. The number of aliphatic imine (C=N–C) groups is 1. The summed E-state index contributed by atoms with van der Waals surface area (Å²) < 4.78 is 0. The highest BCUT2D eigenvalue weighted by atomic mass is 15.3. The Labute approximate surface area is 162 Å². The normalized spacial score (nSPS) is 28.9. The van der Waals surface area contributed by atoms with Gasteiger partial charge in [-0.05, 0) is 57.9 Å².